The Morgan fingerprint density at radius 1 is 1.67 bits per heavy atom. The van der Waals surface area contributed by atoms with Crippen LogP contribution >= 0.6 is 15.9 Å². The molecular formula is C8H13BrN2O. The first kappa shape index (κ1) is 9.77. The van der Waals surface area contributed by atoms with Gasteiger partial charge in [-0.15, -0.1) is 0 Å². The third kappa shape index (κ3) is 1.71. The highest BCUT2D eigenvalue weighted by Gasteiger charge is 2.07. The van der Waals surface area contributed by atoms with Crippen molar-refractivity contribution < 1.29 is 4.74 Å². The number of ether oxygens (including phenoxy) is 1. The molecule has 4 heteroatoms. The van der Waals surface area contributed by atoms with Gasteiger partial charge in [0.25, 0.3) is 0 Å². The van der Waals surface area contributed by atoms with Crippen molar-refractivity contribution in [1.29, 1.82) is 0 Å². The van der Waals surface area contributed by atoms with Gasteiger partial charge in [0, 0.05) is 32.0 Å². The normalized spacial score (nSPS) is 10.7. The summed E-state index contributed by atoms with van der Waals surface area (Å²) in [5.41, 5.74) is 7.79. The van der Waals surface area contributed by atoms with Crippen molar-refractivity contribution in [2.24, 2.45) is 12.8 Å². The van der Waals surface area contributed by atoms with Crippen LogP contribution in [0.1, 0.15) is 11.3 Å². The topological polar surface area (TPSA) is 40.2 Å². The highest BCUT2D eigenvalue weighted by molar-refractivity contribution is 9.10. The Bertz CT molecular complexity index is 270. The lowest BCUT2D eigenvalue weighted by Gasteiger charge is -2.00. The molecule has 0 saturated heterocycles. The van der Waals surface area contributed by atoms with E-state index in [1.807, 2.05) is 17.7 Å². The minimum absolute atomic E-state index is 0.554. The van der Waals surface area contributed by atoms with Crippen molar-refractivity contribution in [3.63, 3.8) is 0 Å². The van der Waals surface area contributed by atoms with Crippen LogP contribution in [0.5, 0.6) is 0 Å². The molecule has 0 saturated carbocycles. The molecule has 1 aromatic rings. The first-order valence-corrected chi connectivity index (χ1v) is 4.52. The molecule has 0 radical (unpaired) electrons. The summed E-state index contributed by atoms with van der Waals surface area (Å²) in [6.45, 7) is 1.17. The van der Waals surface area contributed by atoms with Gasteiger partial charge in [-0.2, -0.15) is 0 Å². The lowest BCUT2D eigenvalue weighted by atomic mass is 10.3. The van der Waals surface area contributed by atoms with Crippen LogP contribution < -0.4 is 5.73 Å². The summed E-state index contributed by atoms with van der Waals surface area (Å²) < 4.78 is 8.11. The van der Waals surface area contributed by atoms with Gasteiger partial charge >= 0.3 is 0 Å². The SMILES string of the molecule is COCc1cc(CN)n(C)c1Br. The third-order valence-electron chi connectivity index (χ3n) is 1.84. The van der Waals surface area contributed by atoms with Gasteiger partial charge in [-0.1, -0.05) is 0 Å². The Morgan fingerprint density at radius 3 is 2.75 bits per heavy atom. The number of nitrogens with zero attached hydrogens (tertiary/aromatic N) is 1. The Hall–Kier alpha value is -0.320. The largest absolute Gasteiger partial charge is 0.380 e. The maximum atomic E-state index is 5.55. The molecule has 0 spiro atoms. The minimum atomic E-state index is 0.554. The van der Waals surface area contributed by atoms with Crippen molar-refractivity contribution >= 4 is 15.9 Å². The average Bonchev–Trinajstić information content (AvgIpc) is 2.33. The molecular weight excluding hydrogens is 220 g/mol. The zero-order valence-electron chi connectivity index (χ0n) is 7.30. The molecule has 0 aliphatic carbocycles. The van der Waals surface area contributed by atoms with Crippen LogP contribution in [-0.4, -0.2) is 11.7 Å². The van der Waals surface area contributed by atoms with Crippen LogP contribution in [0.2, 0.25) is 0 Å². The molecule has 3 nitrogen and oxygen atoms in total. The molecule has 12 heavy (non-hydrogen) atoms. The summed E-state index contributed by atoms with van der Waals surface area (Å²) in [6, 6.07) is 2.05. The van der Waals surface area contributed by atoms with E-state index >= 15 is 0 Å². The van der Waals surface area contributed by atoms with Gasteiger partial charge in [0.2, 0.25) is 0 Å². The second kappa shape index (κ2) is 4.07. The van der Waals surface area contributed by atoms with Gasteiger partial charge < -0.3 is 15.0 Å². The Balaban J connectivity index is 2.98. The summed E-state index contributed by atoms with van der Waals surface area (Å²) in [5.74, 6) is 0. The van der Waals surface area contributed by atoms with Crippen molar-refractivity contribution in [3.8, 4) is 0 Å². The maximum absolute atomic E-state index is 5.55. The van der Waals surface area contributed by atoms with Crippen LogP contribution in [0.3, 0.4) is 0 Å². The fourth-order valence-electron chi connectivity index (χ4n) is 1.15. The van der Waals surface area contributed by atoms with Crippen LogP contribution in [0.4, 0.5) is 0 Å². The molecule has 68 valence electrons. The average molecular weight is 233 g/mol. The van der Waals surface area contributed by atoms with Crippen LogP contribution in [0.15, 0.2) is 10.7 Å². The van der Waals surface area contributed by atoms with Crippen LogP contribution in [-0.2, 0) is 24.9 Å². The predicted molar refractivity (Wildman–Crippen MR) is 51.7 cm³/mol. The second-order valence-corrected chi connectivity index (χ2v) is 3.40. The summed E-state index contributed by atoms with van der Waals surface area (Å²) in [7, 11) is 3.66. The number of nitrogens with two attached hydrogens (primary N) is 1. The monoisotopic (exact) mass is 232 g/mol. The zero-order chi connectivity index (χ0) is 9.14. The molecule has 1 aromatic heterocycles. The molecule has 0 amide bonds. The number of methoxy groups -OCH3 is 1. The van der Waals surface area contributed by atoms with Crippen molar-refractivity contribution in [2.75, 3.05) is 7.11 Å². The summed E-state index contributed by atoms with van der Waals surface area (Å²) >= 11 is 3.47. The Labute approximate surface area is 80.6 Å². The molecule has 0 unspecified atom stereocenters. The van der Waals surface area contributed by atoms with Crippen LogP contribution in [0, 0.1) is 0 Å². The lowest BCUT2D eigenvalue weighted by molar-refractivity contribution is 0.184. The van der Waals surface area contributed by atoms with Crippen molar-refractivity contribution in [2.45, 2.75) is 13.2 Å². The van der Waals surface area contributed by atoms with Crippen molar-refractivity contribution in [1.82, 2.24) is 4.57 Å². The first-order valence-electron chi connectivity index (χ1n) is 3.72. The number of hydrogen-bond acceptors (Lipinski definition) is 2. The second-order valence-electron chi connectivity index (χ2n) is 2.65. The maximum Gasteiger partial charge on any atom is 0.0902 e. The summed E-state index contributed by atoms with van der Waals surface area (Å²) in [4.78, 5) is 0. The van der Waals surface area contributed by atoms with E-state index in [0.29, 0.717) is 13.2 Å². The van der Waals surface area contributed by atoms with Crippen LogP contribution in [0.25, 0.3) is 0 Å². The molecule has 0 bridgehead atoms. The molecule has 1 rings (SSSR count). The van der Waals surface area contributed by atoms with Gasteiger partial charge in [0.05, 0.1) is 11.2 Å². The van der Waals surface area contributed by atoms with Gasteiger partial charge in [-0.05, 0) is 22.0 Å². The smallest absolute Gasteiger partial charge is 0.0902 e. The fraction of sp³-hybridized carbons (Fsp3) is 0.500. The molecule has 0 aliphatic heterocycles. The number of halogens is 1. The highest BCUT2D eigenvalue weighted by Crippen LogP contribution is 2.21. The molecule has 0 aromatic carbocycles. The van der Waals surface area contributed by atoms with Gasteiger partial charge in [0.1, 0.15) is 0 Å². The first-order chi connectivity index (χ1) is 5.70. The van der Waals surface area contributed by atoms with E-state index in [9.17, 15) is 0 Å². The van der Waals surface area contributed by atoms with E-state index < -0.39 is 0 Å². The quantitative estimate of drug-likeness (QED) is 0.856. The predicted octanol–water partition coefficient (Wildman–Crippen LogP) is 1.39. The van der Waals surface area contributed by atoms with E-state index in [1.165, 1.54) is 0 Å². The fourth-order valence-corrected chi connectivity index (χ4v) is 1.61. The minimum Gasteiger partial charge on any atom is -0.380 e. The molecule has 0 fully saturated rings. The summed E-state index contributed by atoms with van der Waals surface area (Å²) in [6.07, 6.45) is 0. The van der Waals surface area contributed by atoms with Gasteiger partial charge in [-0.25, -0.2) is 0 Å². The highest BCUT2D eigenvalue weighted by atomic mass is 79.9. The molecule has 0 aliphatic rings. The van der Waals surface area contributed by atoms with E-state index in [0.717, 1.165) is 15.9 Å². The van der Waals surface area contributed by atoms with E-state index in [-0.39, 0.29) is 0 Å². The Morgan fingerprint density at radius 2 is 2.33 bits per heavy atom. The molecule has 0 atom stereocenters. The van der Waals surface area contributed by atoms with Crippen molar-refractivity contribution in [3.05, 3.63) is 21.9 Å². The zero-order valence-corrected chi connectivity index (χ0v) is 8.89. The lowest BCUT2D eigenvalue weighted by Crippen LogP contribution is -2.02. The molecule has 2 N–H and O–H groups in total. The van der Waals surface area contributed by atoms with E-state index in [1.54, 1.807) is 7.11 Å². The third-order valence-corrected chi connectivity index (χ3v) is 2.88. The van der Waals surface area contributed by atoms with E-state index in [4.69, 9.17) is 10.5 Å². The number of rotatable bonds is 3. The summed E-state index contributed by atoms with van der Waals surface area (Å²) in [5, 5.41) is 0. The standard InChI is InChI=1S/C8H13BrN2O/c1-11-7(4-10)3-6(5-12-2)8(11)9/h3H,4-5,10H2,1-2H3. The molecule has 1 heterocycles. The van der Waals surface area contributed by atoms with E-state index in [2.05, 4.69) is 15.9 Å². The number of aromatic nitrogens is 1. The van der Waals surface area contributed by atoms with Gasteiger partial charge in [0.15, 0.2) is 0 Å². The number of hydrogen-bond donors (Lipinski definition) is 1. The van der Waals surface area contributed by atoms with Gasteiger partial charge in [-0.3, -0.25) is 0 Å². The Kier molecular flexibility index (Phi) is 3.31.